The second-order valence-corrected chi connectivity index (χ2v) is 11.3. The van der Waals surface area contributed by atoms with E-state index in [-0.39, 0.29) is 54.4 Å². The third-order valence-electron chi connectivity index (χ3n) is 9.08. The number of ether oxygens (including phenoxy) is 1. The van der Waals surface area contributed by atoms with Gasteiger partial charge in [-0.2, -0.15) is 0 Å². The Labute approximate surface area is 215 Å². The molecule has 2 bridgehead atoms. The molecule has 0 N–H and O–H groups in total. The maximum absolute atomic E-state index is 13.3. The normalized spacial score (nSPS) is 33.1. The first-order valence-electron chi connectivity index (χ1n) is 13.1. The monoisotopic (exact) mass is 496 g/mol. The summed E-state index contributed by atoms with van der Waals surface area (Å²) in [5, 5.41) is 0. The predicted molar refractivity (Wildman–Crippen MR) is 136 cm³/mol. The molecule has 2 saturated carbocycles. The minimum atomic E-state index is -0.563. The first-order valence-corrected chi connectivity index (χ1v) is 13.1. The molecule has 0 spiro atoms. The molecule has 3 amide bonds. The molecule has 2 aromatic carbocycles. The lowest BCUT2D eigenvalue weighted by Gasteiger charge is -2.37. The summed E-state index contributed by atoms with van der Waals surface area (Å²) < 4.78 is 5.59. The number of imide groups is 1. The van der Waals surface area contributed by atoms with Crippen molar-refractivity contribution in [3.8, 4) is 5.75 Å². The van der Waals surface area contributed by atoms with Crippen molar-refractivity contribution in [2.45, 2.75) is 26.7 Å². The lowest BCUT2D eigenvalue weighted by molar-refractivity contribution is -0.139. The van der Waals surface area contributed by atoms with Crippen LogP contribution in [0, 0.1) is 55.3 Å². The van der Waals surface area contributed by atoms with Crippen molar-refractivity contribution in [2.75, 3.05) is 16.3 Å². The predicted octanol–water partition coefficient (Wildman–Crippen LogP) is 3.82. The number of nitrogens with zero attached hydrogens (tertiary/aromatic N) is 2. The molecule has 4 fully saturated rings. The Bertz CT molecular complexity index is 1360. The first-order chi connectivity index (χ1) is 17.8. The van der Waals surface area contributed by atoms with Gasteiger partial charge in [0.1, 0.15) is 5.75 Å². The van der Waals surface area contributed by atoms with Crippen LogP contribution in [0.2, 0.25) is 0 Å². The van der Waals surface area contributed by atoms with Gasteiger partial charge in [0.05, 0.1) is 23.4 Å². The molecule has 0 aromatic heterocycles. The average molecular weight is 497 g/mol. The number of carbonyl (C=O) groups is 4. The van der Waals surface area contributed by atoms with Crippen LogP contribution in [0.3, 0.4) is 0 Å². The molecule has 7 heteroatoms. The number of esters is 1. The maximum Gasteiger partial charge on any atom is 0.316 e. The van der Waals surface area contributed by atoms with Crippen LogP contribution in [-0.2, 0) is 19.2 Å². The van der Waals surface area contributed by atoms with Gasteiger partial charge in [0.15, 0.2) is 0 Å². The zero-order valence-electron chi connectivity index (χ0n) is 20.8. The van der Waals surface area contributed by atoms with Crippen LogP contribution in [-0.4, -0.2) is 30.2 Å². The lowest BCUT2D eigenvalue weighted by atomic mass is 9.63. The van der Waals surface area contributed by atoms with Crippen molar-refractivity contribution in [2.24, 2.45) is 41.4 Å². The van der Waals surface area contributed by atoms with Gasteiger partial charge in [-0.15, -0.1) is 0 Å². The fourth-order valence-corrected chi connectivity index (χ4v) is 7.28. The van der Waals surface area contributed by atoms with E-state index in [2.05, 4.69) is 12.2 Å². The molecule has 2 aromatic rings. The van der Waals surface area contributed by atoms with E-state index in [0.717, 1.165) is 23.2 Å². The summed E-state index contributed by atoms with van der Waals surface area (Å²) in [6, 6.07) is 12.4. The van der Waals surface area contributed by atoms with Gasteiger partial charge in [0.25, 0.3) is 0 Å². The largest absolute Gasteiger partial charge is 0.426 e. The van der Waals surface area contributed by atoms with E-state index in [9.17, 15) is 19.2 Å². The number of hydrogen-bond donors (Lipinski definition) is 0. The highest BCUT2D eigenvalue weighted by molar-refractivity contribution is 6.22. The maximum atomic E-state index is 13.3. The number of anilines is 2. The van der Waals surface area contributed by atoms with Crippen molar-refractivity contribution < 1.29 is 23.9 Å². The van der Waals surface area contributed by atoms with Gasteiger partial charge >= 0.3 is 5.97 Å². The SMILES string of the molecule is Cc1ccc(N2C[C@H](C(=O)Oc3ccc(N4C(=O)[C@@H]5[C@H]6C=C[C@@H]([C@@H]7C[C@H]67)[C@H]5C4=O)cc3)CC2=O)c(C)c1. The highest BCUT2D eigenvalue weighted by Crippen LogP contribution is 2.65. The second-order valence-electron chi connectivity index (χ2n) is 11.3. The Morgan fingerprint density at radius 1 is 0.892 bits per heavy atom. The molecule has 0 radical (unpaired) electrons. The van der Waals surface area contributed by atoms with Gasteiger partial charge in [0, 0.05) is 18.7 Å². The van der Waals surface area contributed by atoms with Crippen molar-refractivity contribution in [1.82, 2.24) is 0 Å². The van der Waals surface area contributed by atoms with Crippen LogP contribution >= 0.6 is 0 Å². The third kappa shape index (κ3) is 3.32. The number of hydrogen-bond acceptors (Lipinski definition) is 5. The molecule has 6 aliphatic rings. The average Bonchev–Trinajstić information content (AvgIpc) is 3.56. The summed E-state index contributed by atoms with van der Waals surface area (Å²) in [5.41, 5.74) is 3.43. The fraction of sp³-hybridized carbons (Fsp3) is 0.400. The quantitative estimate of drug-likeness (QED) is 0.278. The van der Waals surface area contributed by atoms with Crippen molar-refractivity contribution in [1.29, 1.82) is 0 Å². The van der Waals surface area contributed by atoms with Gasteiger partial charge < -0.3 is 9.64 Å². The fourth-order valence-electron chi connectivity index (χ4n) is 7.28. The molecular weight excluding hydrogens is 468 g/mol. The molecule has 2 heterocycles. The summed E-state index contributed by atoms with van der Waals surface area (Å²) in [4.78, 5) is 55.1. The highest BCUT2D eigenvalue weighted by atomic mass is 16.5. The molecule has 4 aliphatic carbocycles. The number of aryl methyl sites for hydroxylation is 2. The van der Waals surface area contributed by atoms with Crippen LogP contribution < -0.4 is 14.5 Å². The molecule has 7 atom stereocenters. The van der Waals surface area contributed by atoms with Crippen LogP contribution in [0.25, 0.3) is 0 Å². The van der Waals surface area contributed by atoms with Crippen LogP contribution in [0.1, 0.15) is 24.0 Å². The highest BCUT2D eigenvalue weighted by Gasteiger charge is 2.67. The van der Waals surface area contributed by atoms with Crippen molar-refractivity contribution in [3.05, 3.63) is 65.7 Å². The smallest absolute Gasteiger partial charge is 0.316 e. The topological polar surface area (TPSA) is 84.0 Å². The Morgan fingerprint density at radius 2 is 1.54 bits per heavy atom. The Kier molecular flexibility index (Phi) is 4.78. The zero-order chi connectivity index (χ0) is 25.6. The van der Waals surface area contributed by atoms with Gasteiger partial charge in [-0.3, -0.25) is 24.1 Å². The summed E-state index contributed by atoms with van der Waals surface area (Å²) in [5.74, 6) is -0.0390. The molecule has 37 heavy (non-hydrogen) atoms. The number of benzene rings is 2. The molecule has 2 aliphatic heterocycles. The van der Waals surface area contributed by atoms with Gasteiger partial charge in [0.2, 0.25) is 17.7 Å². The van der Waals surface area contributed by atoms with Gasteiger partial charge in [-0.1, -0.05) is 29.8 Å². The number of amides is 3. The number of carbonyl (C=O) groups excluding carboxylic acids is 4. The number of allylic oxidation sites excluding steroid dienone is 2. The summed E-state index contributed by atoms with van der Waals surface area (Å²) in [7, 11) is 0. The molecule has 2 saturated heterocycles. The second kappa shape index (κ2) is 7.88. The zero-order valence-corrected chi connectivity index (χ0v) is 20.8. The van der Waals surface area contributed by atoms with Gasteiger partial charge in [-0.05, 0) is 79.8 Å². The molecule has 0 unspecified atom stereocenters. The molecule has 7 nitrogen and oxygen atoms in total. The minimum Gasteiger partial charge on any atom is -0.426 e. The molecule has 188 valence electrons. The Hall–Kier alpha value is -3.74. The standard InChI is InChI=1S/C30H28N2O5/c1-15-3-10-24(16(2)11-15)31-14-17(12-25(31)33)30(36)37-19-6-4-18(5-7-19)32-28(34)26-20-8-9-21(23-13-22(20)23)27(26)29(32)35/h3-11,17,20-23,26-27H,12-14H2,1-2H3/t17-,20+,21+,22-,23+,26-,27-/m1/s1. The number of rotatable bonds is 4. The molecule has 8 rings (SSSR count). The van der Waals surface area contributed by atoms with E-state index in [4.69, 9.17) is 4.74 Å². The van der Waals surface area contributed by atoms with Crippen molar-refractivity contribution in [3.63, 3.8) is 0 Å². The van der Waals surface area contributed by atoms with Gasteiger partial charge in [-0.25, -0.2) is 0 Å². The van der Waals surface area contributed by atoms with E-state index >= 15 is 0 Å². The van der Waals surface area contributed by atoms with E-state index in [1.54, 1.807) is 29.2 Å². The Balaban J connectivity index is 1.04. The first kappa shape index (κ1) is 22.5. The van der Waals surface area contributed by atoms with Crippen LogP contribution in [0.15, 0.2) is 54.6 Å². The van der Waals surface area contributed by atoms with Crippen LogP contribution in [0.5, 0.6) is 5.75 Å². The van der Waals surface area contributed by atoms with E-state index in [1.807, 2.05) is 32.0 Å². The van der Waals surface area contributed by atoms with Crippen LogP contribution in [0.4, 0.5) is 11.4 Å². The Morgan fingerprint density at radius 3 is 2.16 bits per heavy atom. The minimum absolute atomic E-state index is 0.0992. The van der Waals surface area contributed by atoms with Crippen molar-refractivity contribution >= 4 is 35.1 Å². The van der Waals surface area contributed by atoms with E-state index in [1.165, 1.54) is 4.90 Å². The molecular formula is C30H28N2O5. The summed E-state index contributed by atoms with van der Waals surface area (Å²) in [6.07, 6.45) is 5.55. The van der Waals surface area contributed by atoms with E-state index < -0.39 is 11.9 Å². The lowest BCUT2D eigenvalue weighted by Crippen LogP contribution is -2.40. The van der Waals surface area contributed by atoms with E-state index in [0.29, 0.717) is 23.3 Å². The summed E-state index contributed by atoms with van der Waals surface area (Å²) >= 11 is 0. The summed E-state index contributed by atoms with van der Waals surface area (Å²) in [6.45, 7) is 4.23. The third-order valence-corrected chi connectivity index (χ3v) is 9.08.